The molecule has 0 amide bonds. The van der Waals surface area contributed by atoms with Gasteiger partial charge in [0.15, 0.2) is 5.82 Å². The largest absolute Gasteiger partial charge is 0.339 e. The van der Waals surface area contributed by atoms with E-state index >= 15 is 0 Å². The van der Waals surface area contributed by atoms with Gasteiger partial charge in [-0.1, -0.05) is 38.1 Å². The molecule has 1 heterocycles. The van der Waals surface area contributed by atoms with Gasteiger partial charge in [0.2, 0.25) is 5.89 Å². The second kappa shape index (κ2) is 8.20. The standard InChI is InChI=1S/C16H23N3OS/c1-4-16-18-15(19-20-16)11-21-14-7-5-6-13(8-14)10-17-9-12(2)3/h5-8,12,17H,4,9-11H2,1-3H3. The molecule has 0 atom stereocenters. The SMILES string of the molecule is CCc1nc(CSc2cccc(CNCC(C)C)c2)no1. The summed E-state index contributed by atoms with van der Waals surface area (Å²) in [5, 5.41) is 7.44. The van der Waals surface area contributed by atoms with Crippen molar-refractivity contribution in [1.29, 1.82) is 0 Å². The third-order valence-corrected chi connectivity index (χ3v) is 3.95. The third-order valence-electron chi connectivity index (χ3n) is 2.96. The summed E-state index contributed by atoms with van der Waals surface area (Å²) in [6.45, 7) is 8.40. The molecule has 0 bridgehead atoms. The summed E-state index contributed by atoms with van der Waals surface area (Å²) in [7, 11) is 0. The first-order valence-corrected chi connectivity index (χ1v) is 8.40. The van der Waals surface area contributed by atoms with Crippen LogP contribution >= 0.6 is 11.8 Å². The van der Waals surface area contributed by atoms with E-state index in [1.807, 2.05) is 6.92 Å². The fourth-order valence-corrected chi connectivity index (χ4v) is 2.71. The van der Waals surface area contributed by atoms with E-state index in [2.05, 4.69) is 53.6 Å². The van der Waals surface area contributed by atoms with Crippen LogP contribution in [0.5, 0.6) is 0 Å². The molecule has 0 saturated heterocycles. The Balaban J connectivity index is 1.85. The van der Waals surface area contributed by atoms with Crippen molar-refractivity contribution in [2.75, 3.05) is 6.54 Å². The van der Waals surface area contributed by atoms with Crippen LogP contribution in [0.2, 0.25) is 0 Å². The van der Waals surface area contributed by atoms with E-state index in [1.165, 1.54) is 10.5 Å². The summed E-state index contributed by atoms with van der Waals surface area (Å²) in [6, 6.07) is 8.60. The minimum Gasteiger partial charge on any atom is -0.339 e. The first kappa shape index (κ1) is 16.0. The lowest BCUT2D eigenvalue weighted by Gasteiger charge is -2.08. The second-order valence-corrected chi connectivity index (χ2v) is 6.47. The van der Waals surface area contributed by atoms with Crippen LogP contribution in [0.1, 0.15) is 38.0 Å². The fourth-order valence-electron chi connectivity index (χ4n) is 1.89. The lowest BCUT2D eigenvalue weighted by molar-refractivity contribution is 0.378. The number of nitrogens with one attached hydrogen (secondary N) is 1. The van der Waals surface area contributed by atoms with Gasteiger partial charge < -0.3 is 9.84 Å². The van der Waals surface area contributed by atoms with E-state index in [0.29, 0.717) is 11.8 Å². The van der Waals surface area contributed by atoms with Crippen LogP contribution in [0, 0.1) is 5.92 Å². The Labute approximate surface area is 130 Å². The molecule has 0 radical (unpaired) electrons. The van der Waals surface area contributed by atoms with Crippen molar-refractivity contribution < 1.29 is 4.52 Å². The van der Waals surface area contributed by atoms with Gasteiger partial charge in [-0.15, -0.1) is 11.8 Å². The van der Waals surface area contributed by atoms with Crippen molar-refractivity contribution in [2.24, 2.45) is 5.92 Å². The summed E-state index contributed by atoms with van der Waals surface area (Å²) in [4.78, 5) is 5.56. The van der Waals surface area contributed by atoms with Crippen LogP contribution in [0.4, 0.5) is 0 Å². The van der Waals surface area contributed by atoms with Crippen molar-refractivity contribution in [3.8, 4) is 0 Å². The number of nitrogens with zero attached hydrogens (tertiary/aromatic N) is 2. The Hall–Kier alpha value is -1.33. The average molecular weight is 305 g/mol. The van der Waals surface area contributed by atoms with Gasteiger partial charge in [-0.05, 0) is 30.2 Å². The van der Waals surface area contributed by atoms with Gasteiger partial charge in [-0.2, -0.15) is 4.98 Å². The van der Waals surface area contributed by atoms with Crippen molar-refractivity contribution in [3.05, 3.63) is 41.5 Å². The van der Waals surface area contributed by atoms with Crippen LogP contribution in [-0.2, 0) is 18.7 Å². The zero-order valence-electron chi connectivity index (χ0n) is 12.9. The molecule has 0 spiro atoms. The summed E-state index contributed by atoms with van der Waals surface area (Å²) < 4.78 is 5.12. The number of rotatable bonds is 8. The Kier molecular flexibility index (Phi) is 6.26. The second-order valence-electron chi connectivity index (χ2n) is 5.42. The van der Waals surface area contributed by atoms with E-state index in [9.17, 15) is 0 Å². The quantitative estimate of drug-likeness (QED) is 0.754. The first-order valence-electron chi connectivity index (χ1n) is 7.41. The van der Waals surface area contributed by atoms with Gasteiger partial charge in [0, 0.05) is 17.9 Å². The highest BCUT2D eigenvalue weighted by Crippen LogP contribution is 2.22. The summed E-state index contributed by atoms with van der Waals surface area (Å²) >= 11 is 1.74. The topological polar surface area (TPSA) is 51.0 Å². The predicted octanol–water partition coefficient (Wildman–Crippen LogP) is 3.67. The molecule has 0 aliphatic carbocycles. The van der Waals surface area contributed by atoms with E-state index in [0.717, 1.165) is 31.1 Å². The predicted molar refractivity (Wildman–Crippen MR) is 86.2 cm³/mol. The lowest BCUT2D eigenvalue weighted by atomic mass is 10.2. The zero-order valence-corrected chi connectivity index (χ0v) is 13.7. The highest BCUT2D eigenvalue weighted by Gasteiger charge is 2.05. The molecule has 5 heteroatoms. The molecule has 4 nitrogen and oxygen atoms in total. The van der Waals surface area contributed by atoms with Gasteiger partial charge >= 0.3 is 0 Å². The maximum atomic E-state index is 5.12. The summed E-state index contributed by atoms with van der Waals surface area (Å²) in [5.74, 6) is 2.89. The van der Waals surface area contributed by atoms with Gasteiger partial charge in [0.05, 0.1) is 5.75 Å². The molecule has 0 aliphatic rings. The van der Waals surface area contributed by atoms with Crippen LogP contribution in [0.15, 0.2) is 33.7 Å². The van der Waals surface area contributed by atoms with E-state index in [1.54, 1.807) is 11.8 Å². The van der Waals surface area contributed by atoms with Gasteiger partial charge in [0.25, 0.3) is 0 Å². The maximum Gasteiger partial charge on any atom is 0.226 e. The van der Waals surface area contributed by atoms with E-state index in [-0.39, 0.29) is 0 Å². The van der Waals surface area contributed by atoms with Crippen LogP contribution in [0.3, 0.4) is 0 Å². The Morgan fingerprint density at radius 1 is 1.33 bits per heavy atom. The lowest BCUT2D eigenvalue weighted by Crippen LogP contribution is -2.18. The summed E-state index contributed by atoms with van der Waals surface area (Å²) in [6.07, 6.45) is 0.786. The molecule has 114 valence electrons. The van der Waals surface area contributed by atoms with Gasteiger partial charge in [-0.3, -0.25) is 0 Å². The molecule has 1 aromatic carbocycles. The Bertz CT molecular complexity index is 554. The van der Waals surface area contributed by atoms with Crippen LogP contribution < -0.4 is 5.32 Å². The molecular formula is C16H23N3OS. The molecule has 2 aromatic rings. The van der Waals surface area contributed by atoms with E-state index in [4.69, 9.17) is 4.52 Å². The monoisotopic (exact) mass is 305 g/mol. The number of hydrogen-bond donors (Lipinski definition) is 1. The molecule has 1 aromatic heterocycles. The van der Waals surface area contributed by atoms with Gasteiger partial charge in [-0.25, -0.2) is 0 Å². The molecule has 1 N–H and O–H groups in total. The van der Waals surface area contributed by atoms with Crippen molar-refractivity contribution >= 4 is 11.8 Å². The van der Waals surface area contributed by atoms with Crippen molar-refractivity contribution in [1.82, 2.24) is 15.5 Å². The molecule has 21 heavy (non-hydrogen) atoms. The number of aryl methyl sites for hydroxylation is 1. The molecule has 0 saturated carbocycles. The number of aromatic nitrogens is 2. The smallest absolute Gasteiger partial charge is 0.226 e. The highest BCUT2D eigenvalue weighted by molar-refractivity contribution is 7.98. The summed E-state index contributed by atoms with van der Waals surface area (Å²) in [5.41, 5.74) is 1.31. The third kappa shape index (κ3) is 5.52. The van der Waals surface area contributed by atoms with Crippen LogP contribution in [-0.4, -0.2) is 16.7 Å². The number of hydrogen-bond acceptors (Lipinski definition) is 5. The normalized spacial score (nSPS) is 11.2. The molecule has 0 unspecified atom stereocenters. The Morgan fingerprint density at radius 2 is 2.19 bits per heavy atom. The molecule has 2 rings (SSSR count). The minimum atomic E-state index is 0.675. The van der Waals surface area contributed by atoms with Crippen LogP contribution in [0.25, 0.3) is 0 Å². The number of thioether (sulfide) groups is 1. The zero-order chi connectivity index (χ0) is 15.1. The van der Waals surface area contributed by atoms with Gasteiger partial charge in [0.1, 0.15) is 0 Å². The molecule has 0 aliphatic heterocycles. The molecular weight excluding hydrogens is 282 g/mol. The van der Waals surface area contributed by atoms with Crippen molar-refractivity contribution in [2.45, 2.75) is 44.4 Å². The number of benzene rings is 1. The maximum absolute atomic E-state index is 5.12. The first-order chi connectivity index (χ1) is 10.2. The highest BCUT2D eigenvalue weighted by atomic mass is 32.2. The minimum absolute atomic E-state index is 0.675. The van der Waals surface area contributed by atoms with Crippen molar-refractivity contribution in [3.63, 3.8) is 0 Å². The van der Waals surface area contributed by atoms with E-state index < -0.39 is 0 Å². The fraction of sp³-hybridized carbons (Fsp3) is 0.500. The molecule has 0 fully saturated rings. The Morgan fingerprint density at radius 3 is 2.90 bits per heavy atom. The average Bonchev–Trinajstić information content (AvgIpc) is 2.93.